The number of nitrogens with zero attached hydrogens (tertiary/aromatic N) is 1. The summed E-state index contributed by atoms with van der Waals surface area (Å²) in [7, 11) is 0. The maximum atomic E-state index is 6.17. The molecule has 0 unspecified atom stereocenters. The van der Waals surface area contributed by atoms with Crippen LogP contribution in [0.4, 0.5) is 0 Å². The largest absolute Gasteiger partial charge is 0.358 e. The molecule has 4 heteroatoms. The fourth-order valence-corrected chi connectivity index (χ4v) is 5.07. The zero-order chi connectivity index (χ0) is 17.0. The van der Waals surface area contributed by atoms with Crippen molar-refractivity contribution in [2.45, 2.75) is 37.8 Å². The quantitative estimate of drug-likeness (QED) is 0.618. The highest BCUT2D eigenvalue weighted by Gasteiger charge is 2.41. The molecule has 1 aromatic heterocycles. The molecule has 0 spiro atoms. The van der Waals surface area contributed by atoms with E-state index in [9.17, 15) is 0 Å². The number of halogens is 2. The van der Waals surface area contributed by atoms with E-state index in [-0.39, 0.29) is 0 Å². The third kappa shape index (κ3) is 2.59. The summed E-state index contributed by atoms with van der Waals surface area (Å²) in [5, 5.41) is 2.69. The Hall–Kier alpha value is -1.48. The van der Waals surface area contributed by atoms with Crippen LogP contribution in [0.1, 0.15) is 35.7 Å². The summed E-state index contributed by atoms with van der Waals surface area (Å²) in [6.45, 7) is 1.08. The molecule has 1 fully saturated rings. The summed E-state index contributed by atoms with van der Waals surface area (Å²) in [6.07, 6.45) is 4.72. The number of nitrogens with one attached hydrogen (secondary N) is 1. The third-order valence-corrected chi connectivity index (χ3v) is 6.63. The Morgan fingerprint density at radius 1 is 1.04 bits per heavy atom. The molecule has 25 heavy (non-hydrogen) atoms. The zero-order valence-corrected chi connectivity index (χ0v) is 15.4. The number of aromatic amines is 1. The molecule has 0 radical (unpaired) electrons. The van der Waals surface area contributed by atoms with Crippen LogP contribution in [0.3, 0.4) is 0 Å². The molecule has 2 aliphatic rings. The Kier molecular flexibility index (Phi) is 3.81. The van der Waals surface area contributed by atoms with Gasteiger partial charge in [-0.2, -0.15) is 0 Å². The fourth-order valence-electron chi connectivity index (χ4n) is 4.75. The van der Waals surface area contributed by atoms with Crippen LogP contribution in [-0.4, -0.2) is 22.5 Å². The normalized spacial score (nSPS) is 22.5. The Balaban J connectivity index is 1.43. The number of hydrogen-bond donors (Lipinski definition) is 1. The van der Waals surface area contributed by atoms with E-state index in [1.807, 2.05) is 12.1 Å². The molecule has 3 heterocycles. The van der Waals surface area contributed by atoms with Crippen LogP contribution >= 0.6 is 23.2 Å². The number of aromatic nitrogens is 1. The van der Waals surface area contributed by atoms with Gasteiger partial charge in [0, 0.05) is 41.6 Å². The van der Waals surface area contributed by atoms with Gasteiger partial charge in [-0.3, -0.25) is 4.90 Å². The predicted octanol–water partition coefficient (Wildman–Crippen LogP) is 5.78. The number of para-hydroxylation sites is 1. The van der Waals surface area contributed by atoms with Gasteiger partial charge in [-0.25, -0.2) is 0 Å². The van der Waals surface area contributed by atoms with Gasteiger partial charge in [0.2, 0.25) is 0 Å². The highest BCUT2D eigenvalue weighted by molar-refractivity contribution is 6.42. The lowest BCUT2D eigenvalue weighted by atomic mass is 9.96. The van der Waals surface area contributed by atoms with E-state index in [4.69, 9.17) is 23.2 Å². The summed E-state index contributed by atoms with van der Waals surface area (Å²) < 4.78 is 0. The number of fused-ring (bicyclic) bond motifs is 6. The molecule has 0 aliphatic carbocycles. The Morgan fingerprint density at radius 2 is 1.92 bits per heavy atom. The molecule has 0 amide bonds. The lowest BCUT2D eigenvalue weighted by Crippen LogP contribution is -2.38. The van der Waals surface area contributed by atoms with Crippen molar-refractivity contribution in [1.82, 2.24) is 9.88 Å². The summed E-state index contributed by atoms with van der Waals surface area (Å²) >= 11 is 12.2. The highest BCUT2D eigenvalue weighted by atomic mass is 35.5. The molecule has 3 aromatic rings. The molecule has 128 valence electrons. The van der Waals surface area contributed by atoms with Crippen molar-refractivity contribution in [2.24, 2.45) is 0 Å². The van der Waals surface area contributed by atoms with Gasteiger partial charge in [-0.1, -0.05) is 47.5 Å². The summed E-state index contributed by atoms with van der Waals surface area (Å²) in [4.78, 5) is 6.38. The lowest BCUT2D eigenvalue weighted by molar-refractivity contribution is 0.180. The minimum Gasteiger partial charge on any atom is -0.358 e. The number of rotatable bonds is 3. The van der Waals surface area contributed by atoms with Crippen molar-refractivity contribution < 1.29 is 0 Å². The maximum Gasteiger partial charge on any atom is 0.0595 e. The topological polar surface area (TPSA) is 19.0 Å². The van der Waals surface area contributed by atoms with Gasteiger partial charge in [0.15, 0.2) is 0 Å². The van der Waals surface area contributed by atoms with Crippen molar-refractivity contribution in [3.05, 3.63) is 69.3 Å². The van der Waals surface area contributed by atoms with E-state index in [1.165, 1.54) is 35.0 Å². The standard InChI is InChI=1S/C21H20Cl2N2/c22-16-7-5-13(11-17(16)23)9-10-25-14-6-8-20(25)21-15-3-1-2-4-18(15)24-19(21)12-14/h1-5,7,11,14,20,24H,6,8-10,12H2/t14-,20+/m0/s1. The fraction of sp³-hybridized carbons (Fsp3) is 0.333. The van der Waals surface area contributed by atoms with E-state index in [1.54, 1.807) is 5.56 Å². The molecule has 2 aliphatic heterocycles. The second-order valence-electron chi connectivity index (χ2n) is 7.25. The first kappa shape index (κ1) is 15.7. The Morgan fingerprint density at radius 3 is 2.80 bits per heavy atom. The Labute approximate surface area is 157 Å². The average molecular weight is 371 g/mol. The molecule has 2 atom stereocenters. The van der Waals surface area contributed by atoms with Crippen LogP contribution in [0.2, 0.25) is 10.0 Å². The first-order chi connectivity index (χ1) is 12.2. The van der Waals surface area contributed by atoms with Crippen molar-refractivity contribution in [3.63, 3.8) is 0 Å². The van der Waals surface area contributed by atoms with E-state index in [0.717, 1.165) is 19.4 Å². The Bertz CT molecular complexity index is 946. The molecule has 5 rings (SSSR count). The van der Waals surface area contributed by atoms with Gasteiger partial charge in [-0.15, -0.1) is 0 Å². The monoisotopic (exact) mass is 370 g/mol. The molecular weight excluding hydrogens is 351 g/mol. The minimum absolute atomic E-state index is 0.549. The molecule has 1 N–H and O–H groups in total. The first-order valence-electron chi connectivity index (χ1n) is 9.00. The molecule has 2 aromatic carbocycles. The summed E-state index contributed by atoms with van der Waals surface area (Å²) in [5.41, 5.74) is 5.54. The predicted molar refractivity (Wildman–Crippen MR) is 105 cm³/mol. The van der Waals surface area contributed by atoms with Crippen molar-refractivity contribution in [3.8, 4) is 0 Å². The lowest BCUT2D eigenvalue weighted by Gasteiger charge is -2.35. The van der Waals surface area contributed by atoms with Gasteiger partial charge in [-0.05, 0) is 48.6 Å². The zero-order valence-electron chi connectivity index (χ0n) is 13.9. The van der Waals surface area contributed by atoms with Gasteiger partial charge in [0.25, 0.3) is 0 Å². The third-order valence-electron chi connectivity index (χ3n) is 5.89. The molecule has 1 saturated heterocycles. The second kappa shape index (κ2) is 6.05. The van der Waals surface area contributed by atoms with Gasteiger partial charge in [0.05, 0.1) is 10.0 Å². The highest BCUT2D eigenvalue weighted by Crippen LogP contribution is 2.46. The SMILES string of the molecule is Clc1ccc(CCN2[C@H]3CC[C@@H]2c2c([nH]c4ccccc24)C3)cc1Cl. The van der Waals surface area contributed by atoms with Crippen molar-refractivity contribution in [1.29, 1.82) is 0 Å². The van der Waals surface area contributed by atoms with Crippen LogP contribution in [0.5, 0.6) is 0 Å². The van der Waals surface area contributed by atoms with Gasteiger partial charge in [0.1, 0.15) is 0 Å². The van der Waals surface area contributed by atoms with E-state index in [0.29, 0.717) is 22.1 Å². The minimum atomic E-state index is 0.549. The number of hydrogen-bond acceptors (Lipinski definition) is 1. The first-order valence-corrected chi connectivity index (χ1v) is 9.75. The van der Waals surface area contributed by atoms with E-state index < -0.39 is 0 Å². The molecule has 2 bridgehead atoms. The number of benzene rings is 2. The van der Waals surface area contributed by atoms with Crippen LogP contribution in [-0.2, 0) is 12.8 Å². The van der Waals surface area contributed by atoms with Crippen LogP contribution in [0.15, 0.2) is 42.5 Å². The van der Waals surface area contributed by atoms with Gasteiger partial charge >= 0.3 is 0 Å². The second-order valence-corrected chi connectivity index (χ2v) is 8.06. The van der Waals surface area contributed by atoms with E-state index in [2.05, 4.69) is 40.2 Å². The molecule has 0 saturated carbocycles. The van der Waals surface area contributed by atoms with Crippen molar-refractivity contribution >= 4 is 34.1 Å². The molecule has 2 nitrogen and oxygen atoms in total. The smallest absolute Gasteiger partial charge is 0.0595 e. The average Bonchev–Trinajstić information content (AvgIpc) is 3.12. The van der Waals surface area contributed by atoms with Crippen molar-refractivity contribution in [2.75, 3.05) is 6.54 Å². The molecular formula is C21H20Cl2N2. The summed E-state index contributed by atoms with van der Waals surface area (Å²) in [6, 6.07) is 15.9. The number of H-pyrrole nitrogens is 1. The maximum absolute atomic E-state index is 6.17. The van der Waals surface area contributed by atoms with Crippen LogP contribution in [0.25, 0.3) is 10.9 Å². The summed E-state index contributed by atoms with van der Waals surface area (Å²) in [5.74, 6) is 0. The van der Waals surface area contributed by atoms with Gasteiger partial charge < -0.3 is 4.98 Å². The van der Waals surface area contributed by atoms with E-state index >= 15 is 0 Å². The van der Waals surface area contributed by atoms with Crippen LogP contribution < -0.4 is 0 Å². The van der Waals surface area contributed by atoms with Crippen LogP contribution in [0, 0.1) is 0 Å².